The third-order valence-corrected chi connectivity index (χ3v) is 4.78. The normalized spacial score (nSPS) is 10.7. The highest BCUT2D eigenvalue weighted by Gasteiger charge is 2.15. The molecule has 0 N–H and O–H groups in total. The summed E-state index contributed by atoms with van der Waals surface area (Å²) in [5, 5.41) is 9.32. The maximum atomic E-state index is 11.9. The van der Waals surface area contributed by atoms with Crippen molar-refractivity contribution >= 4 is 17.7 Å². The van der Waals surface area contributed by atoms with Gasteiger partial charge in [0.05, 0.1) is 6.26 Å². The van der Waals surface area contributed by atoms with Gasteiger partial charge in [0.15, 0.2) is 10.9 Å². The van der Waals surface area contributed by atoms with Crippen LogP contribution in [-0.4, -0.2) is 39.7 Å². The highest BCUT2D eigenvalue weighted by molar-refractivity contribution is 7.98. The third-order valence-electron chi connectivity index (χ3n) is 3.75. The predicted octanol–water partition coefficient (Wildman–Crippen LogP) is 3.72. The van der Waals surface area contributed by atoms with Crippen LogP contribution >= 0.6 is 11.8 Å². The first kappa shape index (κ1) is 18.0. The van der Waals surface area contributed by atoms with E-state index < -0.39 is 0 Å². The standard InChI is InChI=1S/C19H20N4O2S/c1-4-11-23-17(16-6-5-12-25-16)20-21-19(23)26-13-14-7-9-15(10-8-14)18(24)22(2)3/h4-10,12H,1,11,13H2,2-3H3. The molecule has 0 aliphatic carbocycles. The molecule has 7 heteroatoms. The summed E-state index contributed by atoms with van der Waals surface area (Å²) in [6.45, 7) is 4.40. The van der Waals surface area contributed by atoms with E-state index in [9.17, 15) is 4.79 Å². The van der Waals surface area contributed by atoms with Crippen molar-refractivity contribution in [3.05, 3.63) is 66.4 Å². The summed E-state index contributed by atoms with van der Waals surface area (Å²) in [6, 6.07) is 11.3. The van der Waals surface area contributed by atoms with Crippen molar-refractivity contribution in [2.24, 2.45) is 0 Å². The number of furan rings is 1. The second-order valence-electron chi connectivity index (χ2n) is 5.87. The molecule has 3 aromatic rings. The summed E-state index contributed by atoms with van der Waals surface area (Å²) in [7, 11) is 3.49. The summed E-state index contributed by atoms with van der Waals surface area (Å²) >= 11 is 1.58. The lowest BCUT2D eigenvalue weighted by Crippen LogP contribution is -2.21. The zero-order chi connectivity index (χ0) is 18.5. The molecule has 2 heterocycles. The van der Waals surface area contributed by atoms with Gasteiger partial charge in [-0.05, 0) is 29.8 Å². The van der Waals surface area contributed by atoms with Crippen LogP contribution in [0.1, 0.15) is 15.9 Å². The number of aromatic nitrogens is 3. The van der Waals surface area contributed by atoms with Crippen LogP contribution in [0.5, 0.6) is 0 Å². The molecule has 2 aromatic heterocycles. The summed E-state index contributed by atoms with van der Waals surface area (Å²) in [5.74, 6) is 2.09. The van der Waals surface area contributed by atoms with Gasteiger partial charge in [0, 0.05) is 32.0 Å². The van der Waals surface area contributed by atoms with E-state index >= 15 is 0 Å². The van der Waals surface area contributed by atoms with Crippen LogP contribution < -0.4 is 0 Å². The van der Waals surface area contributed by atoms with Gasteiger partial charge in [-0.1, -0.05) is 30.0 Å². The lowest BCUT2D eigenvalue weighted by atomic mass is 10.1. The minimum Gasteiger partial charge on any atom is -0.461 e. The molecule has 0 spiro atoms. The van der Waals surface area contributed by atoms with Gasteiger partial charge in [-0.25, -0.2) is 0 Å². The summed E-state index contributed by atoms with van der Waals surface area (Å²) in [4.78, 5) is 13.5. The van der Waals surface area contributed by atoms with Crippen LogP contribution in [0.2, 0.25) is 0 Å². The van der Waals surface area contributed by atoms with E-state index in [0.717, 1.165) is 16.5 Å². The minimum absolute atomic E-state index is 0.00183. The van der Waals surface area contributed by atoms with E-state index in [1.54, 1.807) is 37.0 Å². The molecule has 26 heavy (non-hydrogen) atoms. The zero-order valence-corrected chi connectivity index (χ0v) is 15.6. The predicted molar refractivity (Wildman–Crippen MR) is 102 cm³/mol. The van der Waals surface area contributed by atoms with Crippen LogP contribution in [-0.2, 0) is 12.3 Å². The topological polar surface area (TPSA) is 64.2 Å². The molecular formula is C19H20N4O2S. The van der Waals surface area contributed by atoms with Gasteiger partial charge in [-0.15, -0.1) is 16.8 Å². The fraction of sp³-hybridized carbons (Fsp3) is 0.211. The molecule has 0 fully saturated rings. The van der Waals surface area contributed by atoms with Crippen molar-refractivity contribution in [1.82, 2.24) is 19.7 Å². The number of hydrogen-bond donors (Lipinski definition) is 0. The first-order valence-electron chi connectivity index (χ1n) is 8.11. The maximum absolute atomic E-state index is 11.9. The molecule has 1 aromatic carbocycles. The monoisotopic (exact) mass is 368 g/mol. The maximum Gasteiger partial charge on any atom is 0.253 e. The SMILES string of the molecule is C=CCn1c(SCc2ccc(C(=O)N(C)C)cc2)nnc1-c1ccco1. The average Bonchev–Trinajstić information content (AvgIpc) is 3.30. The Kier molecular flexibility index (Phi) is 5.58. The number of carbonyl (C=O) groups excluding carboxylic acids is 1. The molecule has 3 rings (SSSR count). The Morgan fingerprint density at radius 2 is 2.04 bits per heavy atom. The largest absolute Gasteiger partial charge is 0.461 e. The Morgan fingerprint density at radius 1 is 1.27 bits per heavy atom. The molecule has 0 radical (unpaired) electrons. The van der Waals surface area contributed by atoms with Crippen molar-refractivity contribution in [1.29, 1.82) is 0 Å². The number of nitrogens with zero attached hydrogens (tertiary/aromatic N) is 4. The number of thioether (sulfide) groups is 1. The van der Waals surface area contributed by atoms with Crippen LogP contribution in [0.3, 0.4) is 0 Å². The molecule has 0 bridgehead atoms. The van der Waals surface area contributed by atoms with E-state index in [2.05, 4.69) is 16.8 Å². The number of hydrogen-bond acceptors (Lipinski definition) is 5. The second-order valence-corrected chi connectivity index (χ2v) is 6.81. The average molecular weight is 368 g/mol. The Balaban J connectivity index is 1.73. The number of allylic oxidation sites excluding steroid dienone is 1. The lowest BCUT2D eigenvalue weighted by molar-refractivity contribution is 0.0827. The summed E-state index contributed by atoms with van der Waals surface area (Å²) < 4.78 is 7.41. The summed E-state index contributed by atoms with van der Waals surface area (Å²) in [6.07, 6.45) is 3.42. The molecule has 0 unspecified atom stereocenters. The molecule has 0 aliphatic heterocycles. The van der Waals surface area contributed by atoms with E-state index in [4.69, 9.17) is 4.42 Å². The molecule has 6 nitrogen and oxygen atoms in total. The van der Waals surface area contributed by atoms with Crippen LogP contribution in [0, 0.1) is 0 Å². The van der Waals surface area contributed by atoms with Crippen molar-refractivity contribution in [3.8, 4) is 11.6 Å². The quantitative estimate of drug-likeness (QED) is 0.470. The Hall–Kier alpha value is -2.80. The highest BCUT2D eigenvalue weighted by atomic mass is 32.2. The van der Waals surface area contributed by atoms with Crippen LogP contribution in [0.4, 0.5) is 0 Å². The number of carbonyl (C=O) groups is 1. The van der Waals surface area contributed by atoms with E-state index in [1.165, 1.54) is 0 Å². The fourth-order valence-electron chi connectivity index (χ4n) is 2.43. The van der Waals surface area contributed by atoms with Crippen molar-refractivity contribution in [3.63, 3.8) is 0 Å². The van der Waals surface area contributed by atoms with Crippen molar-refractivity contribution in [2.45, 2.75) is 17.5 Å². The second kappa shape index (κ2) is 8.05. The zero-order valence-electron chi connectivity index (χ0n) is 14.8. The van der Waals surface area contributed by atoms with Gasteiger partial charge in [-0.3, -0.25) is 9.36 Å². The molecule has 0 aliphatic rings. The Labute approximate surface area is 156 Å². The van der Waals surface area contributed by atoms with Gasteiger partial charge in [-0.2, -0.15) is 0 Å². The van der Waals surface area contributed by atoms with Crippen LogP contribution in [0.15, 0.2) is 64.9 Å². The van der Waals surface area contributed by atoms with Gasteiger partial charge < -0.3 is 9.32 Å². The molecule has 0 saturated carbocycles. The number of amides is 1. The number of rotatable bonds is 7. The first-order chi connectivity index (χ1) is 12.6. The molecule has 0 saturated heterocycles. The van der Waals surface area contributed by atoms with Gasteiger partial charge >= 0.3 is 0 Å². The van der Waals surface area contributed by atoms with E-state index in [1.807, 2.05) is 47.0 Å². The molecule has 1 amide bonds. The fourth-order valence-corrected chi connectivity index (χ4v) is 3.33. The molecule has 0 atom stereocenters. The number of benzene rings is 1. The Morgan fingerprint density at radius 3 is 2.65 bits per heavy atom. The Bertz CT molecular complexity index is 883. The highest BCUT2D eigenvalue weighted by Crippen LogP contribution is 2.26. The smallest absolute Gasteiger partial charge is 0.253 e. The molecular weight excluding hydrogens is 348 g/mol. The lowest BCUT2D eigenvalue weighted by Gasteiger charge is -2.10. The van der Waals surface area contributed by atoms with Crippen molar-refractivity contribution in [2.75, 3.05) is 14.1 Å². The van der Waals surface area contributed by atoms with Gasteiger partial charge in [0.2, 0.25) is 5.82 Å². The summed E-state index contributed by atoms with van der Waals surface area (Å²) in [5.41, 5.74) is 1.79. The van der Waals surface area contributed by atoms with Crippen LogP contribution in [0.25, 0.3) is 11.6 Å². The third kappa shape index (κ3) is 3.88. The van der Waals surface area contributed by atoms with E-state index in [-0.39, 0.29) is 5.91 Å². The first-order valence-corrected chi connectivity index (χ1v) is 9.10. The molecule has 134 valence electrons. The van der Waals surface area contributed by atoms with Crippen molar-refractivity contribution < 1.29 is 9.21 Å². The van der Waals surface area contributed by atoms with Gasteiger partial charge in [0.25, 0.3) is 5.91 Å². The van der Waals surface area contributed by atoms with E-state index in [0.29, 0.717) is 23.7 Å². The minimum atomic E-state index is -0.00183. The van der Waals surface area contributed by atoms with Gasteiger partial charge in [0.1, 0.15) is 0 Å².